The van der Waals surface area contributed by atoms with E-state index in [9.17, 15) is 4.79 Å². The Morgan fingerprint density at radius 3 is 2.93 bits per heavy atom. The molecule has 0 aliphatic carbocycles. The van der Waals surface area contributed by atoms with Crippen molar-refractivity contribution in [2.24, 2.45) is 0 Å². The zero-order chi connectivity index (χ0) is 10.1. The fraction of sp³-hybridized carbons (Fsp3) is 0.182. The molecule has 0 bridgehead atoms. The van der Waals surface area contributed by atoms with Crippen LogP contribution in [-0.2, 0) is 11.2 Å². The van der Waals surface area contributed by atoms with Crippen LogP contribution in [0.5, 0.6) is 0 Å². The van der Waals surface area contributed by atoms with Crippen molar-refractivity contribution in [3.63, 3.8) is 0 Å². The first-order valence-electron chi connectivity index (χ1n) is 4.42. The average molecular weight is 252 g/mol. The third-order valence-electron chi connectivity index (χ3n) is 2.08. The van der Waals surface area contributed by atoms with Crippen LogP contribution in [0.25, 0.3) is 10.9 Å². The topological polar surface area (TPSA) is 32.9 Å². The number of carbonyl (C=O) groups excluding carboxylic acids is 1. The SMILES string of the molecule is CC(=O)Cc1cc2cc(Br)ccc2[nH]1. The van der Waals surface area contributed by atoms with Crippen LogP contribution >= 0.6 is 15.9 Å². The first-order chi connectivity index (χ1) is 6.65. The maximum absolute atomic E-state index is 10.9. The number of hydrogen-bond acceptors (Lipinski definition) is 1. The third kappa shape index (κ3) is 1.87. The van der Waals surface area contributed by atoms with Crippen molar-refractivity contribution < 1.29 is 4.79 Å². The summed E-state index contributed by atoms with van der Waals surface area (Å²) in [6, 6.07) is 8.04. The maximum atomic E-state index is 10.9. The summed E-state index contributed by atoms with van der Waals surface area (Å²) in [5.74, 6) is 0.177. The summed E-state index contributed by atoms with van der Waals surface area (Å²) in [4.78, 5) is 14.1. The number of carbonyl (C=O) groups is 1. The van der Waals surface area contributed by atoms with E-state index in [2.05, 4.69) is 20.9 Å². The molecule has 2 nitrogen and oxygen atoms in total. The van der Waals surface area contributed by atoms with E-state index in [4.69, 9.17) is 0 Å². The van der Waals surface area contributed by atoms with Crippen LogP contribution in [0.2, 0.25) is 0 Å². The highest BCUT2D eigenvalue weighted by Gasteiger charge is 2.02. The normalized spacial score (nSPS) is 10.7. The summed E-state index contributed by atoms with van der Waals surface area (Å²) >= 11 is 3.41. The number of fused-ring (bicyclic) bond motifs is 1. The largest absolute Gasteiger partial charge is 0.358 e. The molecule has 1 heterocycles. The number of halogens is 1. The van der Waals surface area contributed by atoms with Gasteiger partial charge in [-0.15, -0.1) is 0 Å². The van der Waals surface area contributed by atoms with Crippen molar-refractivity contribution in [3.8, 4) is 0 Å². The van der Waals surface area contributed by atoms with Gasteiger partial charge in [0, 0.05) is 27.5 Å². The summed E-state index contributed by atoms with van der Waals surface area (Å²) in [6.45, 7) is 1.60. The van der Waals surface area contributed by atoms with Gasteiger partial charge in [-0.3, -0.25) is 4.79 Å². The number of ketones is 1. The molecular weight excluding hydrogens is 242 g/mol. The van der Waals surface area contributed by atoms with Gasteiger partial charge in [0.05, 0.1) is 0 Å². The second-order valence-electron chi connectivity index (χ2n) is 3.40. The lowest BCUT2D eigenvalue weighted by Crippen LogP contribution is -1.95. The number of benzene rings is 1. The van der Waals surface area contributed by atoms with Crippen molar-refractivity contribution in [1.29, 1.82) is 0 Å². The van der Waals surface area contributed by atoms with Gasteiger partial charge in [-0.1, -0.05) is 15.9 Å². The number of rotatable bonds is 2. The Labute approximate surface area is 90.4 Å². The predicted octanol–water partition coefficient (Wildman–Crippen LogP) is 3.06. The molecule has 1 aromatic heterocycles. The predicted molar refractivity (Wildman–Crippen MR) is 60.4 cm³/mol. The first-order valence-corrected chi connectivity index (χ1v) is 5.21. The minimum atomic E-state index is 0.177. The fourth-order valence-corrected chi connectivity index (χ4v) is 1.91. The molecule has 1 N–H and O–H groups in total. The third-order valence-corrected chi connectivity index (χ3v) is 2.57. The van der Waals surface area contributed by atoms with Gasteiger partial charge in [0.15, 0.2) is 0 Å². The molecule has 1 aromatic carbocycles. The smallest absolute Gasteiger partial charge is 0.135 e. The molecule has 0 aliphatic rings. The standard InChI is InChI=1S/C11H10BrNO/c1-7(14)4-10-6-8-5-9(12)2-3-11(8)13-10/h2-3,5-6,13H,4H2,1H3. The summed E-state index contributed by atoms with van der Waals surface area (Å²) in [6.07, 6.45) is 0.478. The monoisotopic (exact) mass is 251 g/mol. The lowest BCUT2D eigenvalue weighted by molar-refractivity contribution is -0.116. The van der Waals surface area contributed by atoms with Crippen LogP contribution < -0.4 is 0 Å². The van der Waals surface area contributed by atoms with Crippen molar-refractivity contribution in [2.75, 3.05) is 0 Å². The molecule has 72 valence electrons. The summed E-state index contributed by atoms with van der Waals surface area (Å²) in [7, 11) is 0. The molecule has 0 atom stereocenters. The van der Waals surface area contributed by atoms with Crippen LogP contribution in [0.3, 0.4) is 0 Å². The molecule has 0 radical (unpaired) electrons. The van der Waals surface area contributed by atoms with Crippen LogP contribution in [0.1, 0.15) is 12.6 Å². The van der Waals surface area contributed by atoms with Crippen molar-refractivity contribution in [1.82, 2.24) is 4.98 Å². The quantitative estimate of drug-likeness (QED) is 0.875. The minimum absolute atomic E-state index is 0.177. The van der Waals surface area contributed by atoms with Crippen molar-refractivity contribution in [3.05, 3.63) is 34.4 Å². The van der Waals surface area contributed by atoms with Gasteiger partial charge in [-0.05, 0) is 31.2 Å². The summed E-state index contributed by atoms with van der Waals surface area (Å²) in [5, 5.41) is 1.13. The molecule has 14 heavy (non-hydrogen) atoms. The zero-order valence-electron chi connectivity index (χ0n) is 7.80. The highest BCUT2D eigenvalue weighted by Crippen LogP contribution is 2.20. The number of nitrogens with one attached hydrogen (secondary N) is 1. The van der Waals surface area contributed by atoms with E-state index in [0.717, 1.165) is 21.1 Å². The number of aromatic nitrogens is 1. The Bertz CT molecular complexity index is 487. The zero-order valence-corrected chi connectivity index (χ0v) is 9.39. The lowest BCUT2D eigenvalue weighted by Gasteiger charge is -1.90. The highest BCUT2D eigenvalue weighted by atomic mass is 79.9. The van der Waals surface area contributed by atoms with E-state index in [1.54, 1.807) is 6.92 Å². The molecule has 0 fully saturated rings. The maximum Gasteiger partial charge on any atom is 0.135 e. The van der Waals surface area contributed by atoms with Gasteiger partial charge in [-0.25, -0.2) is 0 Å². The first kappa shape index (κ1) is 9.46. The Balaban J connectivity index is 2.46. The van der Waals surface area contributed by atoms with Gasteiger partial charge in [-0.2, -0.15) is 0 Å². The average Bonchev–Trinajstić information content (AvgIpc) is 2.44. The Kier molecular flexibility index (Phi) is 2.42. The van der Waals surface area contributed by atoms with Crippen molar-refractivity contribution >= 4 is 32.6 Å². The Morgan fingerprint density at radius 2 is 2.21 bits per heavy atom. The van der Waals surface area contributed by atoms with E-state index in [1.165, 1.54) is 0 Å². The van der Waals surface area contributed by atoms with Crippen molar-refractivity contribution in [2.45, 2.75) is 13.3 Å². The number of Topliss-reactive ketones (excluding diaryl/α,β-unsaturated/α-hetero) is 1. The van der Waals surface area contributed by atoms with E-state index < -0.39 is 0 Å². The minimum Gasteiger partial charge on any atom is -0.358 e. The number of H-pyrrole nitrogens is 1. The number of aromatic amines is 1. The Morgan fingerprint density at radius 1 is 1.43 bits per heavy atom. The molecule has 3 heteroatoms. The van der Waals surface area contributed by atoms with Gasteiger partial charge in [0.25, 0.3) is 0 Å². The summed E-state index contributed by atoms with van der Waals surface area (Å²) in [5.41, 5.74) is 2.05. The molecular formula is C11H10BrNO. The molecule has 0 unspecified atom stereocenters. The second-order valence-corrected chi connectivity index (χ2v) is 4.32. The van der Waals surface area contributed by atoms with Gasteiger partial charge in [0.2, 0.25) is 0 Å². The molecule has 0 amide bonds. The molecule has 0 aliphatic heterocycles. The van der Waals surface area contributed by atoms with Crippen LogP contribution in [0.15, 0.2) is 28.7 Å². The number of hydrogen-bond donors (Lipinski definition) is 1. The van der Waals surface area contributed by atoms with Crippen LogP contribution in [0.4, 0.5) is 0 Å². The molecule has 0 spiro atoms. The summed E-state index contributed by atoms with van der Waals surface area (Å²) < 4.78 is 1.05. The van der Waals surface area contributed by atoms with Crippen LogP contribution in [0, 0.1) is 0 Å². The Hall–Kier alpha value is -1.09. The second kappa shape index (κ2) is 3.58. The van der Waals surface area contributed by atoms with E-state index >= 15 is 0 Å². The van der Waals surface area contributed by atoms with E-state index in [1.807, 2.05) is 24.3 Å². The lowest BCUT2D eigenvalue weighted by atomic mass is 10.2. The molecule has 2 aromatic rings. The van der Waals surface area contributed by atoms with Crippen LogP contribution in [-0.4, -0.2) is 10.8 Å². The fourth-order valence-electron chi connectivity index (χ4n) is 1.53. The van der Waals surface area contributed by atoms with Gasteiger partial charge >= 0.3 is 0 Å². The molecule has 0 saturated heterocycles. The van der Waals surface area contributed by atoms with E-state index in [0.29, 0.717) is 6.42 Å². The molecule has 2 rings (SSSR count). The van der Waals surface area contributed by atoms with Gasteiger partial charge < -0.3 is 4.98 Å². The highest BCUT2D eigenvalue weighted by molar-refractivity contribution is 9.10. The molecule has 0 saturated carbocycles. The van der Waals surface area contributed by atoms with E-state index in [-0.39, 0.29) is 5.78 Å². The van der Waals surface area contributed by atoms with Gasteiger partial charge in [0.1, 0.15) is 5.78 Å².